The highest BCUT2D eigenvalue weighted by Crippen LogP contribution is 2.29. The summed E-state index contributed by atoms with van der Waals surface area (Å²) in [6.07, 6.45) is 3.66. The highest BCUT2D eigenvalue weighted by molar-refractivity contribution is 7.07. The van der Waals surface area contributed by atoms with Crippen molar-refractivity contribution in [2.45, 2.75) is 6.54 Å². The number of anilines is 1. The molecule has 0 aliphatic rings. The topological polar surface area (TPSA) is 98.3 Å². The smallest absolute Gasteiger partial charge is 0.135 e. The molecule has 0 fully saturated rings. The fourth-order valence-corrected chi connectivity index (χ4v) is 3.52. The number of nitrogens with zero attached hydrogens (tertiary/aromatic N) is 5. The van der Waals surface area contributed by atoms with E-state index in [0.717, 1.165) is 38.8 Å². The molecule has 0 saturated carbocycles. The van der Waals surface area contributed by atoms with E-state index in [0.29, 0.717) is 12.4 Å². The summed E-state index contributed by atoms with van der Waals surface area (Å²) in [5.74, 6) is 0.480. The minimum Gasteiger partial charge on any atom is -0.383 e. The van der Waals surface area contributed by atoms with Gasteiger partial charge in [-0.05, 0) is 18.2 Å². The van der Waals surface area contributed by atoms with E-state index in [4.69, 9.17) is 10.8 Å². The number of hydrogen-bond acceptors (Lipinski definition) is 6. The average molecular weight is 347 g/mol. The van der Waals surface area contributed by atoms with Crippen LogP contribution in [0.15, 0.2) is 47.5 Å². The lowest BCUT2D eigenvalue weighted by Gasteiger charge is -2.03. The average Bonchev–Trinajstić information content (AvgIpc) is 3.36. The molecule has 4 heterocycles. The van der Waals surface area contributed by atoms with Gasteiger partial charge in [-0.3, -0.25) is 9.78 Å². The van der Waals surface area contributed by atoms with Crippen molar-refractivity contribution in [3.63, 3.8) is 0 Å². The zero-order valence-corrected chi connectivity index (χ0v) is 13.9. The largest absolute Gasteiger partial charge is 0.383 e. The minimum atomic E-state index is 0.480. The Bertz CT molecular complexity index is 1170. The fourth-order valence-electron chi connectivity index (χ4n) is 2.97. The first-order valence-corrected chi connectivity index (χ1v) is 8.65. The third kappa shape index (κ3) is 2.34. The van der Waals surface area contributed by atoms with Crippen molar-refractivity contribution >= 4 is 39.0 Å². The molecule has 0 unspecified atom stereocenters. The molecule has 5 aromatic rings. The van der Waals surface area contributed by atoms with Crippen LogP contribution in [0, 0.1) is 0 Å². The van der Waals surface area contributed by atoms with Gasteiger partial charge < -0.3 is 5.73 Å². The SMILES string of the molecule is Nc1nc2cc(-c3ccn[nH]3)ccc2c2nn(Cc3cscn3)cc12. The summed E-state index contributed by atoms with van der Waals surface area (Å²) in [6.45, 7) is 0.616. The number of H-pyrrole nitrogens is 1. The summed E-state index contributed by atoms with van der Waals surface area (Å²) < 4.78 is 1.86. The van der Waals surface area contributed by atoms with Gasteiger partial charge in [-0.1, -0.05) is 6.07 Å². The number of pyridine rings is 1. The molecule has 3 N–H and O–H groups in total. The van der Waals surface area contributed by atoms with Crippen LogP contribution in [0.4, 0.5) is 5.82 Å². The van der Waals surface area contributed by atoms with E-state index < -0.39 is 0 Å². The van der Waals surface area contributed by atoms with Gasteiger partial charge in [0.2, 0.25) is 0 Å². The summed E-state index contributed by atoms with van der Waals surface area (Å²) in [4.78, 5) is 8.87. The number of aromatic nitrogens is 6. The second-order valence-electron chi connectivity index (χ2n) is 5.77. The third-order valence-electron chi connectivity index (χ3n) is 4.15. The molecule has 122 valence electrons. The van der Waals surface area contributed by atoms with Crippen LogP contribution in [0.1, 0.15) is 5.69 Å². The van der Waals surface area contributed by atoms with E-state index >= 15 is 0 Å². The van der Waals surface area contributed by atoms with Gasteiger partial charge in [0, 0.05) is 28.7 Å². The van der Waals surface area contributed by atoms with Crippen LogP contribution in [-0.4, -0.2) is 29.9 Å². The Morgan fingerprint density at radius 1 is 1.20 bits per heavy atom. The molecule has 0 bridgehead atoms. The van der Waals surface area contributed by atoms with Gasteiger partial charge in [0.05, 0.1) is 34.3 Å². The standard InChI is InChI=1S/C17H13N7S/c18-17-13-7-24(6-11-8-25-9-19-11)23-16(13)12-2-1-10(5-15(12)21-17)14-3-4-20-22-14/h1-5,7-9H,6H2,(H2,18,21)(H,20,22). The summed E-state index contributed by atoms with van der Waals surface area (Å²) in [7, 11) is 0. The molecule has 8 heteroatoms. The Morgan fingerprint density at radius 3 is 2.96 bits per heavy atom. The highest BCUT2D eigenvalue weighted by Gasteiger charge is 2.12. The maximum absolute atomic E-state index is 6.18. The van der Waals surface area contributed by atoms with Crippen LogP contribution in [0.3, 0.4) is 0 Å². The van der Waals surface area contributed by atoms with Crippen molar-refractivity contribution in [3.05, 3.63) is 53.2 Å². The number of rotatable bonds is 3. The molecule has 0 spiro atoms. The van der Waals surface area contributed by atoms with Crippen molar-refractivity contribution in [3.8, 4) is 11.3 Å². The third-order valence-corrected chi connectivity index (χ3v) is 4.79. The molecule has 5 rings (SSSR count). The molecule has 1 aromatic carbocycles. The quantitative estimate of drug-likeness (QED) is 0.523. The van der Waals surface area contributed by atoms with Gasteiger partial charge in [0.25, 0.3) is 0 Å². The molecule has 25 heavy (non-hydrogen) atoms. The lowest BCUT2D eigenvalue weighted by atomic mass is 10.1. The predicted octanol–water partition coefficient (Wildman–Crippen LogP) is 3.06. The summed E-state index contributed by atoms with van der Waals surface area (Å²) in [6, 6.07) is 7.98. The van der Waals surface area contributed by atoms with E-state index in [1.165, 1.54) is 0 Å². The zero-order valence-electron chi connectivity index (χ0n) is 13.0. The number of aromatic amines is 1. The molecule has 7 nitrogen and oxygen atoms in total. The zero-order chi connectivity index (χ0) is 16.8. The number of nitrogens with two attached hydrogens (primary N) is 1. The van der Waals surface area contributed by atoms with E-state index in [9.17, 15) is 0 Å². The molecule has 0 aliphatic heterocycles. The number of thiazole rings is 1. The van der Waals surface area contributed by atoms with Gasteiger partial charge in [0.15, 0.2) is 0 Å². The van der Waals surface area contributed by atoms with Crippen LogP contribution in [0.2, 0.25) is 0 Å². The minimum absolute atomic E-state index is 0.480. The van der Waals surface area contributed by atoms with Crippen molar-refractivity contribution < 1.29 is 0 Å². The second-order valence-corrected chi connectivity index (χ2v) is 6.49. The summed E-state index contributed by atoms with van der Waals surface area (Å²) in [5, 5.41) is 15.5. The normalized spacial score (nSPS) is 11.5. The maximum Gasteiger partial charge on any atom is 0.135 e. The van der Waals surface area contributed by atoms with Crippen LogP contribution in [0.5, 0.6) is 0 Å². The first kappa shape index (κ1) is 14.1. The lowest BCUT2D eigenvalue weighted by Crippen LogP contribution is -1.99. The number of nitrogens with one attached hydrogen (secondary N) is 1. The molecule has 0 radical (unpaired) electrons. The van der Waals surface area contributed by atoms with Crippen LogP contribution in [0.25, 0.3) is 33.1 Å². The van der Waals surface area contributed by atoms with E-state index in [1.807, 2.05) is 46.0 Å². The Labute approximate surface area is 146 Å². The Kier molecular flexibility index (Phi) is 3.04. The Balaban J connectivity index is 1.67. The van der Waals surface area contributed by atoms with Gasteiger partial charge in [0.1, 0.15) is 11.3 Å². The maximum atomic E-state index is 6.18. The number of benzene rings is 1. The van der Waals surface area contributed by atoms with Crippen LogP contribution >= 0.6 is 11.3 Å². The molecule has 0 aliphatic carbocycles. The van der Waals surface area contributed by atoms with Gasteiger partial charge >= 0.3 is 0 Å². The van der Waals surface area contributed by atoms with Crippen molar-refractivity contribution in [1.29, 1.82) is 0 Å². The lowest BCUT2D eigenvalue weighted by molar-refractivity contribution is 0.685. The first-order valence-electron chi connectivity index (χ1n) is 7.71. The van der Waals surface area contributed by atoms with E-state index in [1.54, 1.807) is 17.5 Å². The van der Waals surface area contributed by atoms with Crippen LogP contribution in [-0.2, 0) is 6.54 Å². The second kappa shape index (κ2) is 5.38. The molecular formula is C17H13N7S. The molecular weight excluding hydrogens is 334 g/mol. The van der Waals surface area contributed by atoms with Crippen molar-refractivity contribution in [2.75, 3.05) is 5.73 Å². The summed E-state index contributed by atoms with van der Waals surface area (Å²) >= 11 is 1.57. The monoisotopic (exact) mass is 347 g/mol. The fraction of sp³-hybridized carbons (Fsp3) is 0.0588. The number of hydrogen-bond donors (Lipinski definition) is 2. The molecule has 0 saturated heterocycles. The first-order chi connectivity index (χ1) is 12.3. The number of nitrogen functional groups attached to an aromatic ring is 1. The van der Waals surface area contributed by atoms with Crippen molar-refractivity contribution in [1.82, 2.24) is 29.9 Å². The van der Waals surface area contributed by atoms with Gasteiger partial charge in [-0.25, -0.2) is 9.97 Å². The Morgan fingerprint density at radius 2 is 2.16 bits per heavy atom. The molecule has 0 atom stereocenters. The predicted molar refractivity (Wildman–Crippen MR) is 98.2 cm³/mol. The van der Waals surface area contributed by atoms with E-state index in [-0.39, 0.29) is 0 Å². The van der Waals surface area contributed by atoms with Crippen LogP contribution < -0.4 is 5.73 Å². The Hall–Kier alpha value is -3.26. The summed E-state index contributed by atoms with van der Waals surface area (Å²) in [5.41, 5.74) is 12.6. The van der Waals surface area contributed by atoms with Gasteiger partial charge in [-0.2, -0.15) is 10.2 Å². The van der Waals surface area contributed by atoms with E-state index in [2.05, 4.69) is 20.2 Å². The van der Waals surface area contributed by atoms with Gasteiger partial charge in [-0.15, -0.1) is 11.3 Å². The number of fused-ring (bicyclic) bond motifs is 3. The highest BCUT2D eigenvalue weighted by atomic mass is 32.1. The molecule has 0 amide bonds. The van der Waals surface area contributed by atoms with Crippen molar-refractivity contribution in [2.24, 2.45) is 0 Å². The molecule has 4 aromatic heterocycles.